The molecule has 0 radical (unpaired) electrons. The lowest BCUT2D eigenvalue weighted by Gasteiger charge is -2.36. The number of rotatable bonds is 6. The number of ether oxygens (including phenoxy) is 1. The van der Waals surface area contributed by atoms with E-state index in [4.69, 9.17) is 4.74 Å². The Bertz CT molecular complexity index is 878. The van der Waals surface area contributed by atoms with Crippen LogP contribution >= 0.6 is 0 Å². The zero-order valence-corrected chi connectivity index (χ0v) is 19.0. The van der Waals surface area contributed by atoms with E-state index >= 15 is 0 Å². The molecule has 1 aliphatic rings. The van der Waals surface area contributed by atoms with Crippen molar-refractivity contribution >= 4 is 23.2 Å². The Morgan fingerprint density at radius 3 is 2.10 bits per heavy atom. The van der Waals surface area contributed by atoms with Gasteiger partial charge < -0.3 is 19.9 Å². The first-order valence-electron chi connectivity index (χ1n) is 10.9. The van der Waals surface area contributed by atoms with E-state index in [-0.39, 0.29) is 23.8 Å². The minimum Gasteiger partial charge on any atom is -0.484 e. The van der Waals surface area contributed by atoms with Crippen molar-refractivity contribution in [2.75, 3.05) is 43.0 Å². The van der Waals surface area contributed by atoms with Gasteiger partial charge in [-0.05, 0) is 47.4 Å². The molecule has 0 unspecified atom stereocenters. The van der Waals surface area contributed by atoms with Crippen molar-refractivity contribution in [1.82, 2.24) is 4.90 Å². The van der Waals surface area contributed by atoms with Crippen molar-refractivity contribution in [3.05, 3.63) is 54.1 Å². The van der Waals surface area contributed by atoms with E-state index in [0.29, 0.717) is 12.2 Å². The van der Waals surface area contributed by atoms with Gasteiger partial charge in [0.15, 0.2) is 6.61 Å². The molecule has 2 aromatic rings. The summed E-state index contributed by atoms with van der Waals surface area (Å²) in [7, 11) is 0. The molecule has 3 rings (SSSR count). The molecule has 0 aromatic heterocycles. The van der Waals surface area contributed by atoms with Crippen LogP contribution in [-0.2, 0) is 15.0 Å². The van der Waals surface area contributed by atoms with E-state index in [1.165, 1.54) is 5.56 Å². The lowest BCUT2D eigenvalue weighted by molar-refractivity contribution is -0.131. The first-order chi connectivity index (χ1) is 14.8. The maximum absolute atomic E-state index is 12.2. The summed E-state index contributed by atoms with van der Waals surface area (Å²) in [5.74, 6) is 0.698. The van der Waals surface area contributed by atoms with Crippen molar-refractivity contribution in [2.24, 2.45) is 0 Å². The van der Waals surface area contributed by atoms with E-state index in [0.717, 1.165) is 37.6 Å². The van der Waals surface area contributed by atoms with Gasteiger partial charge in [0.05, 0.1) is 0 Å². The molecule has 1 aliphatic heterocycles. The topological polar surface area (TPSA) is 61.9 Å². The average Bonchev–Trinajstić information content (AvgIpc) is 2.77. The van der Waals surface area contributed by atoms with Crippen molar-refractivity contribution in [2.45, 2.75) is 39.5 Å². The second kappa shape index (κ2) is 9.86. The third-order valence-electron chi connectivity index (χ3n) is 5.54. The number of hydrogen-bond acceptors (Lipinski definition) is 4. The summed E-state index contributed by atoms with van der Waals surface area (Å²) in [6, 6.07) is 15.7. The molecule has 6 nitrogen and oxygen atoms in total. The van der Waals surface area contributed by atoms with Gasteiger partial charge in [0, 0.05) is 44.0 Å². The molecule has 0 spiro atoms. The number of carbonyl (C=O) groups is 2. The summed E-state index contributed by atoms with van der Waals surface area (Å²) in [6.07, 6.45) is 0.556. The van der Waals surface area contributed by atoms with Crippen LogP contribution in [0.5, 0.6) is 5.75 Å². The first-order valence-corrected chi connectivity index (χ1v) is 10.9. The highest BCUT2D eigenvalue weighted by atomic mass is 16.5. The fourth-order valence-electron chi connectivity index (χ4n) is 3.59. The molecular formula is C25H33N3O3. The largest absolute Gasteiger partial charge is 0.484 e. The number of carbonyl (C=O) groups excluding carboxylic acids is 2. The lowest BCUT2D eigenvalue weighted by Crippen LogP contribution is -2.48. The third-order valence-corrected chi connectivity index (χ3v) is 5.54. The molecule has 1 saturated heterocycles. The van der Waals surface area contributed by atoms with Crippen LogP contribution < -0.4 is 15.0 Å². The number of piperazine rings is 1. The molecule has 1 fully saturated rings. The van der Waals surface area contributed by atoms with E-state index in [1.54, 1.807) is 0 Å². The summed E-state index contributed by atoms with van der Waals surface area (Å²) in [5, 5.41) is 2.87. The van der Waals surface area contributed by atoms with Crippen molar-refractivity contribution < 1.29 is 14.3 Å². The zero-order valence-electron chi connectivity index (χ0n) is 19.0. The molecule has 1 N–H and O–H groups in total. The van der Waals surface area contributed by atoms with Gasteiger partial charge in [-0.2, -0.15) is 0 Å². The van der Waals surface area contributed by atoms with Gasteiger partial charge in [-0.25, -0.2) is 0 Å². The number of benzene rings is 2. The molecule has 0 bridgehead atoms. The van der Waals surface area contributed by atoms with Gasteiger partial charge in [0.1, 0.15) is 5.75 Å². The second-order valence-corrected chi connectivity index (χ2v) is 8.88. The molecule has 166 valence electrons. The van der Waals surface area contributed by atoms with Gasteiger partial charge in [-0.3, -0.25) is 9.59 Å². The quantitative estimate of drug-likeness (QED) is 0.761. The number of amides is 2. The Morgan fingerprint density at radius 1 is 0.935 bits per heavy atom. The van der Waals surface area contributed by atoms with Crippen molar-refractivity contribution in [3.8, 4) is 5.75 Å². The third kappa shape index (κ3) is 6.23. The van der Waals surface area contributed by atoms with Crippen LogP contribution in [0.15, 0.2) is 48.5 Å². The van der Waals surface area contributed by atoms with E-state index in [1.807, 2.05) is 60.4 Å². The number of nitrogens with one attached hydrogen (secondary N) is 1. The fourth-order valence-corrected chi connectivity index (χ4v) is 3.59. The monoisotopic (exact) mass is 423 g/mol. The van der Waals surface area contributed by atoms with Crippen LogP contribution in [-0.4, -0.2) is 49.5 Å². The van der Waals surface area contributed by atoms with E-state index in [2.05, 4.69) is 31.0 Å². The van der Waals surface area contributed by atoms with Gasteiger partial charge in [-0.15, -0.1) is 0 Å². The van der Waals surface area contributed by atoms with Gasteiger partial charge in [0.25, 0.3) is 5.91 Å². The summed E-state index contributed by atoms with van der Waals surface area (Å²) in [5.41, 5.74) is 3.14. The molecule has 1 heterocycles. The molecule has 31 heavy (non-hydrogen) atoms. The summed E-state index contributed by atoms with van der Waals surface area (Å²) < 4.78 is 5.61. The van der Waals surface area contributed by atoms with Crippen LogP contribution in [0.4, 0.5) is 11.4 Å². The lowest BCUT2D eigenvalue weighted by atomic mass is 9.87. The van der Waals surface area contributed by atoms with E-state index in [9.17, 15) is 9.59 Å². The van der Waals surface area contributed by atoms with Gasteiger partial charge in [0.2, 0.25) is 5.91 Å². The Hall–Kier alpha value is -3.02. The summed E-state index contributed by atoms with van der Waals surface area (Å²) >= 11 is 0. The van der Waals surface area contributed by atoms with Gasteiger partial charge in [-0.1, -0.05) is 39.8 Å². The van der Waals surface area contributed by atoms with Crippen LogP contribution in [0.2, 0.25) is 0 Å². The van der Waals surface area contributed by atoms with E-state index < -0.39 is 0 Å². The highest BCUT2D eigenvalue weighted by molar-refractivity contribution is 5.92. The zero-order chi connectivity index (χ0) is 22.4. The minimum absolute atomic E-state index is 0.0377. The molecule has 6 heteroatoms. The maximum Gasteiger partial charge on any atom is 0.262 e. The first kappa shape index (κ1) is 22.7. The number of anilines is 2. The average molecular weight is 424 g/mol. The highest BCUT2D eigenvalue weighted by Gasteiger charge is 2.20. The molecule has 0 aliphatic carbocycles. The Kier molecular flexibility index (Phi) is 7.21. The fraction of sp³-hybridized carbons (Fsp3) is 0.440. The highest BCUT2D eigenvalue weighted by Crippen LogP contribution is 2.24. The minimum atomic E-state index is -0.195. The smallest absolute Gasteiger partial charge is 0.262 e. The van der Waals surface area contributed by atoms with Crippen LogP contribution in [0.3, 0.4) is 0 Å². The van der Waals surface area contributed by atoms with Crippen LogP contribution in [0.25, 0.3) is 0 Å². The van der Waals surface area contributed by atoms with Crippen LogP contribution in [0.1, 0.15) is 39.7 Å². The summed E-state index contributed by atoms with van der Waals surface area (Å²) in [4.78, 5) is 28.2. The molecule has 0 saturated carbocycles. The van der Waals surface area contributed by atoms with Crippen molar-refractivity contribution in [1.29, 1.82) is 0 Å². The van der Waals surface area contributed by atoms with Crippen molar-refractivity contribution in [3.63, 3.8) is 0 Å². The Morgan fingerprint density at radius 2 is 1.55 bits per heavy atom. The molecule has 2 aromatic carbocycles. The standard InChI is InChI=1S/C25H33N3O3/c1-5-24(30)28-16-14-27(15-17-28)21-10-8-20(9-11-21)26-23(29)18-31-22-12-6-19(7-13-22)25(2,3)4/h6-13H,5,14-18H2,1-4H3,(H,26,29). The SMILES string of the molecule is CCC(=O)N1CCN(c2ccc(NC(=O)COc3ccc(C(C)(C)C)cc3)cc2)CC1. The molecular weight excluding hydrogens is 390 g/mol. The predicted molar refractivity (Wildman–Crippen MR) is 125 cm³/mol. The number of nitrogens with zero attached hydrogens (tertiary/aromatic N) is 2. The predicted octanol–water partition coefficient (Wildman–Crippen LogP) is 4.06. The Labute approximate surface area is 185 Å². The van der Waals surface area contributed by atoms with Crippen LogP contribution in [0, 0.1) is 0 Å². The second-order valence-electron chi connectivity index (χ2n) is 8.88. The molecule has 2 amide bonds. The molecule has 0 atom stereocenters. The number of hydrogen-bond donors (Lipinski definition) is 1. The maximum atomic E-state index is 12.2. The van der Waals surface area contributed by atoms with Gasteiger partial charge >= 0.3 is 0 Å². The summed E-state index contributed by atoms with van der Waals surface area (Å²) in [6.45, 7) is 11.5. The Balaban J connectivity index is 1.46. The normalized spacial score (nSPS) is 14.3.